The van der Waals surface area contributed by atoms with Gasteiger partial charge in [-0.1, -0.05) is 6.92 Å². The molecule has 144 valence electrons. The molecule has 1 unspecified atom stereocenters. The molecule has 0 fully saturated rings. The average molecular weight is 382 g/mol. The van der Waals surface area contributed by atoms with E-state index in [2.05, 4.69) is 25.6 Å². The number of carboxylic acid groups (broad SMARTS) is 2. The molecule has 0 saturated carbocycles. The summed E-state index contributed by atoms with van der Waals surface area (Å²) in [5.41, 5.74) is 3.29. The predicted octanol–water partition coefficient (Wildman–Crippen LogP) is 2.89. The van der Waals surface area contributed by atoms with Gasteiger partial charge in [0.15, 0.2) is 0 Å². The van der Waals surface area contributed by atoms with E-state index in [4.69, 9.17) is 10.2 Å². The SMILES string of the molecule is CCC1C(C(=O)O)=CC=C2N=NN=C21.CCn1nc2ccc(C(=O)O)cc2n1. The van der Waals surface area contributed by atoms with Crippen LogP contribution in [0.1, 0.15) is 30.6 Å². The molecule has 10 heteroatoms. The first kappa shape index (κ1) is 19.1. The number of carbonyl (C=O) groups is 2. The maximum absolute atomic E-state index is 10.9. The number of nitrogens with zero attached hydrogens (tertiary/aromatic N) is 6. The van der Waals surface area contributed by atoms with Crippen LogP contribution in [-0.2, 0) is 11.3 Å². The highest BCUT2D eigenvalue weighted by Crippen LogP contribution is 2.29. The van der Waals surface area contributed by atoms with Crippen LogP contribution in [0.5, 0.6) is 0 Å². The molecule has 1 aliphatic carbocycles. The summed E-state index contributed by atoms with van der Waals surface area (Å²) in [6.07, 6.45) is 3.92. The van der Waals surface area contributed by atoms with Crippen molar-refractivity contribution in [3.8, 4) is 0 Å². The number of benzene rings is 1. The molecule has 1 aromatic heterocycles. The summed E-state index contributed by atoms with van der Waals surface area (Å²) in [4.78, 5) is 23.1. The van der Waals surface area contributed by atoms with Gasteiger partial charge in [-0.25, -0.2) is 9.59 Å². The van der Waals surface area contributed by atoms with Gasteiger partial charge in [0.2, 0.25) is 0 Å². The first-order valence-corrected chi connectivity index (χ1v) is 8.66. The third-order valence-corrected chi connectivity index (χ3v) is 4.30. The number of aromatic nitrogens is 3. The number of aromatic carboxylic acids is 1. The fraction of sp³-hybridized carbons (Fsp3) is 0.278. The predicted molar refractivity (Wildman–Crippen MR) is 100 cm³/mol. The zero-order valence-corrected chi connectivity index (χ0v) is 15.3. The van der Waals surface area contributed by atoms with E-state index in [1.54, 1.807) is 18.2 Å². The van der Waals surface area contributed by atoms with Crippen LogP contribution in [0, 0.1) is 5.92 Å². The summed E-state index contributed by atoms with van der Waals surface area (Å²) in [5.74, 6) is -2.03. The molecule has 1 atom stereocenters. The van der Waals surface area contributed by atoms with Gasteiger partial charge in [-0.05, 0) is 48.9 Å². The van der Waals surface area contributed by atoms with Crippen molar-refractivity contribution in [1.29, 1.82) is 0 Å². The molecular formula is C18H18N6O4. The minimum absolute atomic E-state index is 0.178. The second-order valence-corrected chi connectivity index (χ2v) is 6.01. The fourth-order valence-corrected chi connectivity index (χ4v) is 2.89. The third-order valence-electron chi connectivity index (χ3n) is 4.30. The molecule has 0 amide bonds. The summed E-state index contributed by atoms with van der Waals surface area (Å²) >= 11 is 0. The molecule has 1 aromatic carbocycles. The van der Waals surface area contributed by atoms with Gasteiger partial charge in [0.25, 0.3) is 0 Å². The Morgan fingerprint density at radius 2 is 1.82 bits per heavy atom. The number of carboxylic acids is 2. The second-order valence-electron chi connectivity index (χ2n) is 6.01. The number of fused-ring (bicyclic) bond motifs is 2. The number of hydrogen-bond donors (Lipinski definition) is 2. The topological polar surface area (TPSA) is 142 Å². The highest BCUT2D eigenvalue weighted by atomic mass is 16.4. The van der Waals surface area contributed by atoms with Gasteiger partial charge in [0.05, 0.1) is 12.1 Å². The van der Waals surface area contributed by atoms with Crippen molar-refractivity contribution in [2.45, 2.75) is 26.8 Å². The van der Waals surface area contributed by atoms with E-state index < -0.39 is 11.9 Å². The first-order chi connectivity index (χ1) is 13.4. The Morgan fingerprint density at radius 3 is 2.46 bits per heavy atom. The molecule has 1 aliphatic heterocycles. The van der Waals surface area contributed by atoms with Gasteiger partial charge >= 0.3 is 11.9 Å². The third kappa shape index (κ3) is 3.70. The van der Waals surface area contributed by atoms with Crippen molar-refractivity contribution in [2.75, 3.05) is 0 Å². The molecule has 0 saturated heterocycles. The van der Waals surface area contributed by atoms with Crippen molar-refractivity contribution in [2.24, 2.45) is 21.4 Å². The standard InChI is InChI=1S/2C9H9N3O2/c1-2-12-10-7-4-3-6(9(13)14)5-8(7)11-12;1-2-5-6(9(13)14)3-4-7-8(5)11-12-10-7/h2*3-5H,2H2,1H3,(H,13,14). The minimum atomic E-state index is -0.946. The molecule has 10 nitrogen and oxygen atoms in total. The lowest BCUT2D eigenvalue weighted by atomic mass is 9.86. The van der Waals surface area contributed by atoms with E-state index in [1.165, 1.54) is 16.9 Å². The monoisotopic (exact) mass is 382 g/mol. The Balaban J connectivity index is 0.000000161. The van der Waals surface area contributed by atoms with Crippen molar-refractivity contribution in [3.05, 3.63) is 47.2 Å². The molecule has 2 N–H and O–H groups in total. The molecule has 28 heavy (non-hydrogen) atoms. The lowest BCUT2D eigenvalue weighted by Crippen LogP contribution is -2.23. The van der Waals surface area contributed by atoms with Crippen molar-refractivity contribution in [3.63, 3.8) is 0 Å². The lowest BCUT2D eigenvalue weighted by molar-refractivity contribution is -0.133. The zero-order valence-electron chi connectivity index (χ0n) is 15.3. The highest BCUT2D eigenvalue weighted by Gasteiger charge is 2.31. The molecule has 0 bridgehead atoms. The molecule has 0 spiro atoms. The van der Waals surface area contributed by atoms with Crippen LogP contribution < -0.4 is 0 Å². The van der Waals surface area contributed by atoms with E-state index in [0.29, 0.717) is 35.5 Å². The number of hydrogen-bond acceptors (Lipinski definition) is 7. The van der Waals surface area contributed by atoms with Gasteiger partial charge in [-0.3, -0.25) is 0 Å². The normalized spacial score (nSPS) is 17.2. The Hall–Kier alpha value is -3.69. The first-order valence-electron chi connectivity index (χ1n) is 8.66. The summed E-state index contributed by atoms with van der Waals surface area (Å²) in [7, 11) is 0. The maximum atomic E-state index is 10.9. The van der Waals surface area contributed by atoms with Crippen LogP contribution in [0.25, 0.3) is 11.0 Å². The smallest absolute Gasteiger partial charge is 0.335 e. The van der Waals surface area contributed by atoms with E-state index in [-0.39, 0.29) is 11.5 Å². The Morgan fingerprint density at radius 1 is 1.07 bits per heavy atom. The number of rotatable bonds is 4. The van der Waals surface area contributed by atoms with Crippen LogP contribution >= 0.6 is 0 Å². The fourth-order valence-electron chi connectivity index (χ4n) is 2.89. The Labute approximate surface area is 159 Å². The van der Waals surface area contributed by atoms with E-state index >= 15 is 0 Å². The number of allylic oxidation sites excluding steroid dienone is 3. The van der Waals surface area contributed by atoms with Crippen LogP contribution in [0.3, 0.4) is 0 Å². The van der Waals surface area contributed by atoms with Gasteiger partial charge in [-0.2, -0.15) is 15.0 Å². The molecule has 0 radical (unpaired) electrons. The highest BCUT2D eigenvalue weighted by molar-refractivity contribution is 6.10. The van der Waals surface area contributed by atoms with Gasteiger partial charge in [-0.15, -0.1) is 10.2 Å². The van der Waals surface area contributed by atoms with E-state index in [1.807, 2.05) is 13.8 Å². The van der Waals surface area contributed by atoms with Crippen LogP contribution in [-0.4, -0.2) is 42.9 Å². The van der Waals surface area contributed by atoms with Crippen molar-refractivity contribution >= 4 is 28.7 Å². The zero-order chi connectivity index (χ0) is 20.3. The van der Waals surface area contributed by atoms with Gasteiger partial charge in [0.1, 0.15) is 22.4 Å². The largest absolute Gasteiger partial charge is 0.478 e. The van der Waals surface area contributed by atoms with Crippen LogP contribution in [0.4, 0.5) is 0 Å². The van der Waals surface area contributed by atoms with Crippen LogP contribution in [0.2, 0.25) is 0 Å². The minimum Gasteiger partial charge on any atom is -0.478 e. The molecule has 4 rings (SSSR count). The summed E-state index contributed by atoms with van der Waals surface area (Å²) in [5, 5.41) is 37.1. The molecule has 2 aromatic rings. The summed E-state index contributed by atoms with van der Waals surface area (Å²) in [6, 6.07) is 4.72. The quantitative estimate of drug-likeness (QED) is 0.832. The van der Waals surface area contributed by atoms with Crippen molar-refractivity contribution < 1.29 is 19.8 Å². The Kier molecular flexibility index (Phi) is 5.39. The summed E-state index contributed by atoms with van der Waals surface area (Å²) < 4.78 is 0. The number of aryl methyl sites for hydroxylation is 1. The average Bonchev–Trinajstić information content (AvgIpc) is 3.32. The Bertz CT molecular complexity index is 1060. The van der Waals surface area contributed by atoms with E-state index in [0.717, 1.165) is 5.52 Å². The van der Waals surface area contributed by atoms with Gasteiger partial charge in [0, 0.05) is 11.5 Å². The lowest BCUT2D eigenvalue weighted by Gasteiger charge is -2.18. The number of aliphatic carboxylic acids is 1. The molecule has 2 aliphatic rings. The molecule has 2 heterocycles. The molecular weight excluding hydrogens is 364 g/mol. The van der Waals surface area contributed by atoms with Gasteiger partial charge < -0.3 is 10.2 Å². The van der Waals surface area contributed by atoms with Crippen molar-refractivity contribution in [1.82, 2.24) is 15.0 Å². The van der Waals surface area contributed by atoms with Crippen LogP contribution in [0.15, 0.2) is 57.1 Å². The van der Waals surface area contributed by atoms with E-state index in [9.17, 15) is 9.59 Å². The summed E-state index contributed by atoms with van der Waals surface area (Å²) in [6.45, 7) is 4.53. The maximum Gasteiger partial charge on any atom is 0.335 e. The second kappa shape index (κ2) is 7.91.